The lowest BCUT2D eigenvalue weighted by molar-refractivity contribution is -0.168. The Morgan fingerprint density at radius 2 is 1.50 bits per heavy atom. The number of nitrogens with zero attached hydrogens (tertiary/aromatic N) is 6. The molecule has 346 valence electrons. The van der Waals surface area contributed by atoms with E-state index in [1.54, 1.807) is 34.7 Å². The topological polar surface area (TPSA) is 203 Å². The van der Waals surface area contributed by atoms with Gasteiger partial charge < -0.3 is 48.3 Å². The zero-order valence-electron chi connectivity index (χ0n) is 37.1. The van der Waals surface area contributed by atoms with Crippen molar-refractivity contribution in [3.63, 3.8) is 0 Å². The molecule has 5 amide bonds. The maximum atomic E-state index is 14.4. The van der Waals surface area contributed by atoms with Crippen LogP contribution in [0.15, 0.2) is 45.6 Å². The summed E-state index contributed by atoms with van der Waals surface area (Å²) >= 11 is 0. The minimum absolute atomic E-state index is 0.0321. The molecule has 3 saturated heterocycles. The normalized spacial score (nSPS) is 18.7. The van der Waals surface area contributed by atoms with Crippen LogP contribution in [0.3, 0.4) is 0 Å². The van der Waals surface area contributed by atoms with Crippen molar-refractivity contribution in [3.05, 3.63) is 63.6 Å². The SMILES string of the molecule is CCOC(=O)OC(C)OC(=O)CCC(=O)N1CCN(C2CCN(C(=O)[C@@H](Cc3cc(C)c4c(c3)oc(=O)n4C)OC(=O)N3CCC(N4CCc5ccccc5NC4=O)CC3)CC2)CC1. The van der Waals surface area contributed by atoms with E-state index in [0.29, 0.717) is 101 Å². The third-order valence-electron chi connectivity index (χ3n) is 12.7. The van der Waals surface area contributed by atoms with Gasteiger partial charge in [-0.05, 0) is 74.8 Å². The van der Waals surface area contributed by atoms with Crippen LogP contribution in [0, 0.1) is 6.92 Å². The number of nitrogens with one attached hydrogen (secondary N) is 1. The second-order valence-electron chi connectivity index (χ2n) is 16.8. The lowest BCUT2D eigenvalue weighted by atomic mass is 9.99. The van der Waals surface area contributed by atoms with E-state index in [-0.39, 0.29) is 55.8 Å². The Morgan fingerprint density at radius 1 is 0.812 bits per heavy atom. The number of esters is 1. The number of urea groups is 1. The van der Waals surface area contributed by atoms with Crippen LogP contribution in [0.2, 0.25) is 0 Å². The highest BCUT2D eigenvalue weighted by Gasteiger charge is 2.37. The van der Waals surface area contributed by atoms with Crippen LogP contribution in [0.25, 0.3) is 11.1 Å². The molecule has 1 N–H and O–H groups in total. The standard InChI is InChI=1S/C45H59N7O12/c1-5-60-45(59)62-30(3)61-39(54)11-10-38(53)49-24-22-48(23-25-49)33-13-17-50(18-14-33)41(55)37(28-31-26-29(2)40-36(27-31)63-43(57)47(40)4)64-44(58)51-19-15-34(16-20-51)52-21-12-32-8-6-7-9-35(32)46-42(52)56/h6-9,26-27,30,33-34,37H,5,10-25,28H2,1-4H3,(H,46,56)/t30?,37-/m1/s1. The Labute approximate surface area is 371 Å². The van der Waals surface area contributed by atoms with Crippen LogP contribution < -0.4 is 11.1 Å². The molecule has 0 aliphatic carbocycles. The molecule has 1 unspecified atom stereocenters. The largest absolute Gasteiger partial charge is 0.511 e. The molecule has 0 spiro atoms. The summed E-state index contributed by atoms with van der Waals surface area (Å²) in [5.41, 5.74) is 4.43. The number of hydrogen-bond donors (Lipinski definition) is 1. The maximum Gasteiger partial charge on any atom is 0.511 e. The molecule has 64 heavy (non-hydrogen) atoms. The Balaban J connectivity index is 0.921. The van der Waals surface area contributed by atoms with Crippen LogP contribution in [0.4, 0.5) is 20.1 Å². The average molecular weight is 890 g/mol. The Bertz CT molecular complexity index is 2250. The van der Waals surface area contributed by atoms with E-state index in [0.717, 1.165) is 23.2 Å². The van der Waals surface area contributed by atoms with Gasteiger partial charge in [-0.3, -0.25) is 23.9 Å². The molecule has 3 fully saturated rings. The van der Waals surface area contributed by atoms with Crippen LogP contribution in [0.5, 0.6) is 0 Å². The predicted octanol–water partition coefficient (Wildman–Crippen LogP) is 4.02. The second-order valence-corrected chi connectivity index (χ2v) is 16.8. The summed E-state index contributed by atoms with van der Waals surface area (Å²) < 4.78 is 27.6. The molecule has 2 atom stereocenters. The molecule has 0 bridgehead atoms. The number of carbonyl (C=O) groups is 6. The summed E-state index contributed by atoms with van der Waals surface area (Å²) in [5, 5.41) is 3.03. The molecule has 5 heterocycles. The first-order chi connectivity index (χ1) is 30.8. The maximum absolute atomic E-state index is 14.4. The highest BCUT2D eigenvalue weighted by molar-refractivity contribution is 5.91. The summed E-state index contributed by atoms with van der Waals surface area (Å²) in [7, 11) is 1.64. The van der Waals surface area contributed by atoms with E-state index in [1.165, 1.54) is 11.5 Å². The number of para-hydroxylation sites is 1. The number of likely N-dealkylation sites (tertiary alicyclic amines) is 2. The van der Waals surface area contributed by atoms with Crippen molar-refractivity contribution >= 4 is 52.9 Å². The van der Waals surface area contributed by atoms with Crippen molar-refractivity contribution in [1.29, 1.82) is 0 Å². The van der Waals surface area contributed by atoms with Crippen molar-refractivity contribution in [2.75, 3.05) is 70.8 Å². The van der Waals surface area contributed by atoms with Crippen LogP contribution in [0.1, 0.15) is 69.1 Å². The Morgan fingerprint density at radius 3 is 2.22 bits per heavy atom. The van der Waals surface area contributed by atoms with Gasteiger partial charge in [0.2, 0.25) is 12.2 Å². The fraction of sp³-hybridized carbons (Fsp3) is 0.578. The number of hydrogen-bond acceptors (Lipinski definition) is 13. The number of ether oxygens (including phenoxy) is 4. The molecule has 19 heteroatoms. The summed E-state index contributed by atoms with van der Waals surface area (Å²) in [6.07, 6.45) is -0.646. The minimum Gasteiger partial charge on any atom is -0.436 e. The van der Waals surface area contributed by atoms with Gasteiger partial charge in [-0.2, -0.15) is 0 Å². The van der Waals surface area contributed by atoms with E-state index < -0.39 is 36.4 Å². The van der Waals surface area contributed by atoms with E-state index in [4.69, 9.17) is 18.6 Å². The fourth-order valence-electron chi connectivity index (χ4n) is 9.30. The smallest absolute Gasteiger partial charge is 0.436 e. The van der Waals surface area contributed by atoms with Crippen LogP contribution in [-0.2, 0) is 53.2 Å². The van der Waals surface area contributed by atoms with Gasteiger partial charge in [-0.1, -0.05) is 24.3 Å². The lowest BCUT2D eigenvalue weighted by Crippen LogP contribution is -2.56. The zero-order valence-corrected chi connectivity index (χ0v) is 37.1. The molecule has 4 aliphatic heterocycles. The van der Waals surface area contributed by atoms with Gasteiger partial charge in [-0.15, -0.1) is 0 Å². The highest BCUT2D eigenvalue weighted by Crippen LogP contribution is 2.27. The number of aryl methyl sites for hydroxylation is 2. The quantitative estimate of drug-likeness (QED) is 0.155. The van der Waals surface area contributed by atoms with Crippen molar-refractivity contribution in [2.24, 2.45) is 7.05 Å². The van der Waals surface area contributed by atoms with E-state index in [1.807, 2.05) is 42.2 Å². The molecule has 0 saturated carbocycles. The minimum atomic E-state index is -1.14. The first kappa shape index (κ1) is 45.9. The average Bonchev–Trinajstić information content (AvgIpc) is 3.46. The van der Waals surface area contributed by atoms with Gasteiger partial charge in [0.1, 0.15) is 0 Å². The van der Waals surface area contributed by atoms with Crippen molar-refractivity contribution < 1.29 is 52.1 Å². The van der Waals surface area contributed by atoms with Crippen molar-refractivity contribution in [2.45, 2.75) is 96.6 Å². The predicted molar refractivity (Wildman–Crippen MR) is 231 cm³/mol. The van der Waals surface area contributed by atoms with Gasteiger partial charge >= 0.3 is 30.0 Å². The molecule has 0 radical (unpaired) electrons. The number of carbonyl (C=O) groups excluding carboxylic acids is 6. The van der Waals surface area contributed by atoms with Crippen molar-refractivity contribution in [3.8, 4) is 0 Å². The third-order valence-corrected chi connectivity index (χ3v) is 12.7. The molecule has 4 aliphatic rings. The van der Waals surface area contributed by atoms with Gasteiger partial charge in [-0.25, -0.2) is 19.2 Å². The lowest BCUT2D eigenvalue weighted by Gasteiger charge is -2.43. The Kier molecular flexibility index (Phi) is 14.8. The number of fused-ring (bicyclic) bond motifs is 2. The summed E-state index contributed by atoms with van der Waals surface area (Å²) in [5.74, 6) is -1.62. The number of piperazine rings is 1. The second kappa shape index (κ2) is 20.6. The number of amides is 5. The molecule has 2 aromatic carbocycles. The van der Waals surface area contributed by atoms with Gasteiger partial charge in [0.05, 0.1) is 18.5 Å². The van der Waals surface area contributed by atoms with Gasteiger partial charge in [0, 0.05) is 103 Å². The number of aromatic nitrogens is 1. The molecule has 3 aromatic rings. The highest BCUT2D eigenvalue weighted by atomic mass is 16.8. The van der Waals surface area contributed by atoms with Crippen LogP contribution >= 0.6 is 0 Å². The van der Waals surface area contributed by atoms with Crippen molar-refractivity contribution in [1.82, 2.24) is 29.1 Å². The van der Waals surface area contributed by atoms with Crippen LogP contribution in [-0.4, -0.2) is 155 Å². The zero-order chi connectivity index (χ0) is 45.5. The number of rotatable bonds is 12. The molecular weight excluding hydrogens is 831 g/mol. The monoisotopic (exact) mass is 889 g/mol. The van der Waals surface area contributed by atoms with E-state index in [9.17, 15) is 33.6 Å². The number of oxazole rings is 1. The molecule has 7 rings (SSSR count). The summed E-state index contributed by atoms with van der Waals surface area (Å²) in [4.78, 5) is 99.7. The molecule has 19 nitrogen and oxygen atoms in total. The number of benzene rings is 2. The fourth-order valence-corrected chi connectivity index (χ4v) is 9.30. The van der Waals surface area contributed by atoms with Gasteiger partial charge in [0.25, 0.3) is 5.91 Å². The number of anilines is 1. The van der Waals surface area contributed by atoms with Gasteiger partial charge in [0.15, 0.2) is 11.7 Å². The van der Waals surface area contributed by atoms with E-state index >= 15 is 0 Å². The first-order valence-corrected chi connectivity index (χ1v) is 22.3. The third kappa shape index (κ3) is 11.0. The summed E-state index contributed by atoms with van der Waals surface area (Å²) in [6, 6.07) is 11.4. The molecular formula is C45H59N7O12. The number of piperidine rings is 2. The molecule has 1 aromatic heterocycles. The Hall–Kier alpha value is -6.11. The summed E-state index contributed by atoms with van der Waals surface area (Å²) in [6.45, 7) is 9.50. The van der Waals surface area contributed by atoms with E-state index in [2.05, 4.69) is 15.0 Å². The first-order valence-electron chi connectivity index (χ1n) is 22.3.